The zero-order chi connectivity index (χ0) is 25.3. The molecular formula is C28H24ClN3O4. The van der Waals surface area contributed by atoms with E-state index < -0.39 is 5.97 Å². The molecule has 4 aromatic rings. The molecule has 0 aliphatic rings. The molecule has 0 atom stereocenters. The number of nitrogens with zero attached hydrogens (tertiary/aromatic N) is 1. The second-order valence-corrected chi connectivity index (χ2v) is 8.12. The Hall–Kier alpha value is -4.36. The number of carbonyl (C=O) groups excluding carboxylic acids is 2. The maximum atomic E-state index is 12.5. The molecule has 0 heterocycles. The molecule has 0 aromatic heterocycles. The van der Waals surface area contributed by atoms with Gasteiger partial charge in [-0.15, -0.1) is 0 Å². The summed E-state index contributed by atoms with van der Waals surface area (Å²) >= 11 is 6.09. The summed E-state index contributed by atoms with van der Waals surface area (Å²) in [5.74, 6) is -0.266. The van der Waals surface area contributed by atoms with Crippen molar-refractivity contribution in [1.29, 1.82) is 0 Å². The lowest BCUT2D eigenvalue weighted by Gasteiger charge is -2.12. The molecule has 8 heteroatoms. The SMILES string of the molecule is CCOc1cc(/C=N\NC(=O)CNc2ccc3ccccc3c2)ccc1OC(=O)c1ccccc1Cl. The van der Waals surface area contributed by atoms with Crippen LogP contribution in [0, 0.1) is 0 Å². The largest absolute Gasteiger partial charge is 0.490 e. The molecule has 0 saturated carbocycles. The molecule has 0 radical (unpaired) electrons. The Bertz CT molecular complexity index is 1420. The van der Waals surface area contributed by atoms with Crippen LogP contribution in [0.2, 0.25) is 5.02 Å². The minimum Gasteiger partial charge on any atom is -0.490 e. The summed E-state index contributed by atoms with van der Waals surface area (Å²) in [7, 11) is 0. The number of amides is 1. The average molecular weight is 502 g/mol. The first kappa shape index (κ1) is 24.8. The van der Waals surface area contributed by atoms with Crippen molar-refractivity contribution in [3.05, 3.63) is 101 Å². The summed E-state index contributed by atoms with van der Waals surface area (Å²) in [6.45, 7) is 2.26. The first-order valence-corrected chi connectivity index (χ1v) is 11.7. The lowest BCUT2D eigenvalue weighted by atomic mass is 10.1. The van der Waals surface area contributed by atoms with Crippen LogP contribution in [-0.4, -0.2) is 31.2 Å². The Kier molecular flexibility index (Phi) is 8.16. The van der Waals surface area contributed by atoms with Gasteiger partial charge in [0.2, 0.25) is 0 Å². The van der Waals surface area contributed by atoms with E-state index in [-0.39, 0.29) is 23.8 Å². The van der Waals surface area contributed by atoms with E-state index in [0.29, 0.717) is 22.9 Å². The number of hydrogen-bond donors (Lipinski definition) is 2. The Balaban J connectivity index is 1.35. The summed E-state index contributed by atoms with van der Waals surface area (Å²) in [6.07, 6.45) is 1.48. The van der Waals surface area contributed by atoms with Crippen LogP contribution in [0.25, 0.3) is 10.8 Å². The van der Waals surface area contributed by atoms with Crippen LogP contribution in [-0.2, 0) is 4.79 Å². The number of hydrazone groups is 1. The first-order valence-electron chi connectivity index (χ1n) is 11.3. The van der Waals surface area contributed by atoms with Crippen LogP contribution in [0.5, 0.6) is 11.5 Å². The zero-order valence-corrected chi connectivity index (χ0v) is 20.3. The van der Waals surface area contributed by atoms with Gasteiger partial charge in [-0.05, 0) is 65.7 Å². The van der Waals surface area contributed by atoms with Gasteiger partial charge in [-0.2, -0.15) is 5.10 Å². The van der Waals surface area contributed by atoms with E-state index in [1.807, 2.05) is 49.4 Å². The van der Waals surface area contributed by atoms with Gasteiger partial charge in [0.05, 0.1) is 30.0 Å². The molecule has 36 heavy (non-hydrogen) atoms. The summed E-state index contributed by atoms with van der Waals surface area (Å²) in [5, 5.41) is 9.62. The highest BCUT2D eigenvalue weighted by atomic mass is 35.5. The average Bonchev–Trinajstić information content (AvgIpc) is 2.89. The van der Waals surface area contributed by atoms with Crippen LogP contribution >= 0.6 is 11.6 Å². The molecule has 1 amide bonds. The Morgan fingerprint density at radius 1 is 0.917 bits per heavy atom. The molecule has 0 fully saturated rings. The molecule has 182 valence electrons. The van der Waals surface area contributed by atoms with Crippen LogP contribution in [0.4, 0.5) is 5.69 Å². The summed E-state index contributed by atoms with van der Waals surface area (Å²) < 4.78 is 11.1. The molecule has 0 saturated heterocycles. The lowest BCUT2D eigenvalue weighted by Crippen LogP contribution is -2.25. The summed E-state index contributed by atoms with van der Waals surface area (Å²) in [6, 6.07) is 25.5. The van der Waals surface area contributed by atoms with Gasteiger partial charge in [-0.1, -0.05) is 54.1 Å². The van der Waals surface area contributed by atoms with E-state index in [2.05, 4.69) is 15.8 Å². The molecule has 4 aromatic carbocycles. The number of fused-ring (bicyclic) bond motifs is 1. The predicted molar refractivity (Wildman–Crippen MR) is 142 cm³/mol. The molecule has 0 spiro atoms. The number of carbonyl (C=O) groups is 2. The third-order valence-corrected chi connectivity index (χ3v) is 5.50. The van der Waals surface area contributed by atoms with E-state index in [0.717, 1.165) is 16.5 Å². The van der Waals surface area contributed by atoms with Crippen LogP contribution in [0.3, 0.4) is 0 Å². The second kappa shape index (κ2) is 11.9. The number of nitrogens with one attached hydrogen (secondary N) is 2. The number of benzene rings is 4. The highest BCUT2D eigenvalue weighted by Crippen LogP contribution is 2.29. The first-order chi connectivity index (χ1) is 17.5. The number of esters is 1. The molecule has 0 bridgehead atoms. The van der Waals surface area contributed by atoms with Gasteiger partial charge in [0.15, 0.2) is 11.5 Å². The van der Waals surface area contributed by atoms with Crippen molar-refractivity contribution >= 4 is 46.2 Å². The van der Waals surface area contributed by atoms with Gasteiger partial charge in [0.25, 0.3) is 5.91 Å². The minimum absolute atomic E-state index is 0.0663. The van der Waals surface area contributed by atoms with Crippen molar-refractivity contribution in [2.45, 2.75) is 6.92 Å². The Morgan fingerprint density at radius 3 is 2.50 bits per heavy atom. The Morgan fingerprint density at radius 2 is 1.69 bits per heavy atom. The number of halogens is 1. The molecule has 2 N–H and O–H groups in total. The molecule has 7 nitrogen and oxygen atoms in total. The highest BCUT2D eigenvalue weighted by molar-refractivity contribution is 6.33. The fraction of sp³-hybridized carbons (Fsp3) is 0.107. The summed E-state index contributed by atoms with van der Waals surface area (Å²) in [4.78, 5) is 24.7. The zero-order valence-electron chi connectivity index (χ0n) is 19.5. The van der Waals surface area contributed by atoms with E-state index in [9.17, 15) is 9.59 Å². The highest BCUT2D eigenvalue weighted by Gasteiger charge is 2.15. The maximum absolute atomic E-state index is 12.5. The maximum Gasteiger partial charge on any atom is 0.345 e. The summed E-state index contributed by atoms with van der Waals surface area (Å²) in [5.41, 5.74) is 4.24. The van der Waals surface area contributed by atoms with E-state index in [4.69, 9.17) is 21.1 Å². The van der Waals surface area contributed by atoms with Crippen molar-refractivity contribution < 1.29 is 19.1 Å². The van der Waals surface area contributed by atoms with E-state index in [1.54, 1.807) is 42.5 Å². The fourth-order valence-corrected chi connectivity index (χ4v) is 3.65. The van der Waals surface area contributed by atoms with Gasteiger partial charge < -0.3 is 14.8 Å². The van der Waals surface area contributed by atoms with E-state index in [1.165, 1.54) is 6.21 Å². The minimum atomic E-state index is -0.589. The number of ether oxygens (including phenoxy) is 2. The van der Waals surface area contributed by atoms with Crippen LogP contribution in [0.15, 0.2) is 90.0 Å². The van der Waals surface area contributed by atoms with Crippen molar-refractivity contribution in [1.82, 2.24) is 5.43 Å². The molecule has 4 rings (SSSR count). The predicted octanol–water partition coefficient (Wildman–Crippen LogP) is 5.67. The van der Waals surface area contributed by atoms with E-state index >= 15 is 0 Å². The third-order valence-electron chi connectivity index (χ3n) is 5.17. The number of hydrogen-bond acceptors (Lipinski definition) is 6. The van der Waals surface area contributed by atoms with Crippen LogP contribution in [0.1, 0.15) is 22.8 Å². The van der Waals surface area contributed by atoms with Gasteiger partial charge in [0, 0.05) is 5.69 Å². The number of anilines is 1. The molecule has 0 aliphatic heterocycles. The standard InChI is InChI=1S/C28H24ClN3O4/c1-2-35-26-15-19(11-14-25(26)36-28(34)23-9-5-6-10-24(23)29)17-31-32-27(33)18-30-22-13-12-20-7-3-4-8-21(20)16-22/h3-17,30H,2,18H2,1H3,(H,32,33)/b31-17-. The van der Waals surface area contributed by atoms with Gasteiger partial charge >= 0.3 is 5.97 Å². The van der Waals surface area contributed by atoms with Crippen molar-refractivity contribution in [2.24, 2.45) is 5.10 Å². The quantitative estimate of drug-likeness (QED) is 0.133. The number of rotatable bonds is 9. The van der Waals surface area contributed by atoms with Gasteiger partial charge in [0.1, 0.15) is 0 Å². The monoisotopic (exact) mass is 501 g/mol. The van der Waals surface area contributed by atoms with Crippen molar-refractivity contribution in [2.75, 3.05) is 18.5 Å². The molecular weight excluding hydrogens is 478 g/mol. The Labute approximate surface area is 213 Å². The van der Waals surface area contributed by atoms with Crippen molar-refractivity contribution in [3.63, 3.8) is 0 Å². The topological polar surface area (TPSA) is 89.0 Å². The molecule has 0 aliphatic carbocycles. The van der Waals surface area contributed by atoms with Crippen LogP contribution < -0.4 is 20.2 Å². The smallest absolute Gasteiger partial charge is 0.345 e. The molecule has 0 unspecified atom stereocenters. The fourth-order valence-electron chi connectivity index (χ4n) is 3.44. The lowest BCUT2D eigenvalue weighted by molar-refractivity contribution is -0.119. The van der Waals surface area contributed by atoms with Gasteiger partial charge in [-0.3, -0.25) is 4.79 Å². The third kappa shape index (κ3) is 6.40. The van der Waals surface area contributed by atoms with Crippen molar-refractivity contribution in [3.8, 4) is 11.5 Å². The normalized spacial score (nSPS) is 10.8. The van der Waals surface area contributed by atoms with Gasteiger partial charge in [-0.25, -0.2) is 10.2 Å². The second-order valence-electron chi connectivity index (χ2n) is 7.72.